The van der Waals surface area contributed by atoms with Gasteiger partial charge in [0.05, 0.1) is 0 Å². The molecule has 0 saturated heterocycles. The molecule has 1 amide bonds. The van der Waals surface area contributed by atoms with Crippen LogP contribution < -0.4 is 0 Å². The monoisotopic (exact) mass is 261 g/mol. The first-order valence-corrected chi connectivity index (χ1v) is 6.20. The molecule has 102 valence electrons. The van der Waals surface area contributed by atoms with Gasteiger partial charge in [0.15, 0.2) is 0 Å². The van der Waals surface area contributed by atoms with Gasteiger partial charge in [-0.15, -0.1) is 0 Å². The van der Waals surface area contributed by atoms with Crippen LogP contribution in [0.3, 0.4) is 0 Å². The summed E-state index contributed by atoms with van der Waals surface area (Å²) in [7, 11) is 0. The number of carbonyl (C=O) groups is 2. The Morgan fingerprint density at radius 3 is 2.53 bits per heavy atom. The second kappa shape index (κ2) is 6.73. The number of nitrogens with zero attached hydrogens (tertiary/aromatic N) is 1. The van der Waals surface area contributed by atoms with Crippen LogP contribution in [0, 0.1) is 13.8 Å². The predicted molar refractivity (Wildman–Crippen MR) is 74.8 cm³/mol. The topological polar surface area (TPSA) is 57.6 Å². The number of aryl methyl sites for hydroxylation is 2. The van der Waals surface area contributed by atoms with Gasteiger partial charge in [-0.25, -0.2) is 0 Å². The molecule has 1 rings (SSSR count). The van der Waals surface area contributed by atoms with Gasteiger partial charge in [-0.2, -0.15) is 0 Å². The van der Waals surface area contributed by atoms with E-state index in [2.05, 4.69) is 0 Å². The quantitative estimate of drug-likeness (QED) is 0.827. The van der Waals surface area contributed by atoms with Gasteiger partial charge >= 0.3 is 5.97 Å². The second-order valence-corrected chi connectivity index (χ2v) is 4.44. The molecule has 0 unspecified atom stereocenters. The van der Waals surface area contributed by atoms with Crippen LogP contribution in [-0.2, 0) is 9.59 Å². The highest BCUT2D eigenvalue weighted by Crippen LogP contribution is 2.12. The Morgan fingerprint density at radius 1 is 1.32 bits per heavy atom. The lowest BCUT2D eigenvalue weighted by Crippen LogP contribution is -2.34. The van der Waals surface area contributed by atoms with Crippen LogP contribution >= 0.6 is 0 Å². The Balaban J connectivity index is 2.79. The molecule has 1 aromatic carbocycles. The van der Waals surface area contributed by atoms with Crippen molar-refractivity contribution in [2.75, 3.05) is 13.1 Å². The standard InChI is InChI=1S/C15H19NO3/c1-4-16(10-15(18)19)14(17)8-7-13-6-5-11(2)9-12(13)3/h5-9H,4,10H2,1-3H3,(H,18,19)/b8-7+. The highest BCUT2D eigenvalue weighted by Gasteiger charge is 2.11. The lowest BCUT2D eigenvalue weighted by atomic mass is 10.1. The van der Waals surface area contributed by atoms with E-state index in [1.807, 2.05) is 32.0 Å². The summed E-state index contributed by atoms with van der Waals surface area (Å²) in [6, 6.07) is 5.97. The van der Waals surface area contributed by atoms with Gasteiger partial charge in [0.2, 0.25) is 5.91 Å². The minimum Gasteiger partial charge on any atom is -0.480 e. The molecule has 19 heavy (non-hydrogen) atoms. The van der Waals surface area contributed by atoms with Gasteiger partial charge in [-0.1, -0.05) is 23.8 Å². The first kappa shape index (κ1) is 15.0. The fourth-order valence-electron chi connectivity index (χ4n) is 1.79. The van der Waals surface area contributed by atoms with Crippen molar-refractivity contribution in [2.24, 2.45) is 0 Å². The summed E-state index contributed by atoms with van der Waals surface area (Å²) in [4.78, 5) is 23.7. The third-order valence-electron chi connectivity index (χ3n) is 2.85. The molecule has 0 radical (unpaired) electrons. The molecule has 0 aliphatic rings. The number of carboxylic acid groups (broad SMARTS) is 1. The van der Waals surface area contributed by atoms with Gasteiger partial charge in [0, 0.05) is 12.6 Å². The van der Waals surface area contributed by atoms with Crippen LogP contribution in [0.2, 0.25) is 0 Å². The Morgan fingerprint density at radius 2 is 2.00 bits per heavy atom. The minimum absolute atomic E-state index is 0.271. The third kappa shape index (κ3) is 4.58. The van der Waals surface area contributed by atoms with E-state index in [9.17, 15) is 9.59 Å². The number of hydrogen-bond acceptors (Lipinski definition) is 2. The van der Waals surface area contributed by atoms with Crippen LogP contribution in [-0.4, -0.2) is 35.0 Å². The molecule has 0 aliphatic heterocycles. The number of carboxylic acids is 1. The van der Waals surface area contributed by atoms with Crippen molar-refractivity contribution in [1.29, 1.82) is 0 Å². The number of carbonyl (C=O) groups excluding carboxylic acids is 1. The maximum absolute atomic E-state index is 11.8. The highest BCUT2D eigenvalue weighted by atomic mass is 16.4. The Bertz CT molecular complexity index is 506. The SMILES string of the molecule is CCN(CC(=O)O)C(=O)/C=C/c1ccc(C)cc1C. The molecule has 0 spiro atoms. The summed E-state index contributed by atoms with van der Waals surface area (Å²) in [5.41, 5.74) is 3.22. The van der Waals surface area contributed by atoms with Gasteiger partial charge in [0.25, 0.3) is 0 Å². The zero-order chi connectivity index (χ0) is 14.4. The number of aliphatic carboxylic acids is 1. The molecule has 0 saturated carbocycles. The molecule has 1 N–H and O–H groups in total. The summed E-state index contributed by atoms with van der Waals surface area (Å²) in [6.45, 7) is 5.85. The number of likely N-dealkylation sites (N-methyl/N-ethyl adjacent to an activating group) is 1. The summed E-state index contributed by atoms with van der Waals surface area (Å²) in [5.74, 6) is -1.29. The summed E-state index contributed by atoms with van der Waals surface area (Å²) >= 11 is 0. The number of amides is 1. The first-order chi connectivity index (χ1) is 8.93. The number of hydrogen-bond donors (Lipinski definition) is 1. The fourth-order valence-corrected chi connectivity index (χ4v) is 1.79. The predicted octanol–water partition coefficient (Wildman–Crippen LogP) is 2.25. The van der Waals surface area contributed by atoms with Crippen molar-refractivity contribution in [3.8, 4) is 0 Å². The van der Waals surface area contributed by atoms with E-state index in [0.29, 0.717) is 6.54 Å². The Hall–Kier alpha value is -2.10. The largest absolute Gasteiger partial charge is 0.480 e. The van der Waals surface area contributed by atoms with Crippen molar-refractivity contribution in [3.63, 3.8) is 0 Å². The molecule has 4 nitrogen and oxygen atoms in total. The molecule has 0 bridgehead atoms. The van der Waals surface area contributed by atoms with E-state index in [0.717, 1.165) is 11.1 Å². The molecular weight excluding hydrogens is 242 g/mol. The van der Waals surface area contributed by atoms with Crippen molar-refractivity contribution >= 4 is 18.0 Å². The van der Waals surface area contributed by atoms with E-state index < -0.39 is 5.97 Å². The highest BCUT2D eigenvalue weighted by molar-refractivity contribution is 5.93. The van der Waals surface area contributed by atoms with Crippen LogP contribution in [0.1, 0.15) is 23.6 Å². The molecule has 0 atom stereocenters. The molecule has 0 heterocycles. The van der Waals surface area contributed by atoms with E-state index in [4.69, 9.17) is 5.11 Å². The van der Waals surface area contributed by atoms with Crippen molar-refractivity contribution < 1.29 is 14.7 Å². The summed E-state index contributed by atoms with van der Waals surface area (Å²) < 4.78 is 0. The van der Waals surface area contributed by atoms with Crippen molar-refractivity contribution in [2.45, 2.75) is 20.8 Å². The zero-order valence-electron chi connectivity index (χ0n) is 11.5. The van der Waals surface area contributed by atoms with E-state index in [1.165, 1.54) is 16.5 Å². The van der Waals surface area contributed by atoms with Crippen molar-refractivity contribution in [3.05, 3.63) is 41.0 Å². The van der Waals surface area contributed by atoms with Crippen LogP contribution in [0.15, 0.2) is 24.3 Å². The average Bonchev–Trinajstić information content (AvgIpc) is 2.34. The van der Waals surface area contributed by atoms with Crippen LogP contribution in [0.25, 0.3) is 6.08 Å². The summed E-state index contributed by atoms with van der Waals surface area (Å²) in [6.07, 6.45) is 3.14. The lowest BCUT2D eigenvalue weighted by molar-refractivity contribution is -0.142. The third-order valence-corrected chi connectivity index (χ3v) is 2.85. The molecule has 0 aliphatic carbocycles. The second-order valence-electron chi connectivity index (χ2n) is 4.44. The van der Waals surface area contributed by atoms with E-state index >= 15 is 0 Å². The zero-order valence-corrected chi connectivity index (χ0v) is 11.5. The molecule has 4 heteroatoms. The Labute approximate surface area is 113 Å². The van der Waals surface area contributed by atoms with Gasteiger partial charge in [0.1, 0.15) is 6.54 Å². The van der Waals surface area contributed by atoms with Gasteiger partial charge in [-0.05, 0) is 38.0 Å². The number of benzene rings is 1. The maximum Gasteiger partial charge on any atom is 0.323 e. The van der Waals surface area contributed by atoms with E-state index in [-0.39, 0.29) is 12.5 Å². The van der Waals surface area contributed by atoms with E-state index in [1.54, 1.807) is 13.0 Å². The van der Waals surface area contributed by atoms with Gasteiger partial charge < -0.3 is 10.0 Å². The molecule has 0 fully saturated rings. The number of rotatable bonds is 5. The first-order valence-electron chi connectivity index (χ1n) is 6.20. The van der Waals surface area contributed by atoms with Crippen LogP contribution in [0.4, 0.5) is 0 Å². The van der Waals surface area contributed by atoms with Crippen LogP contribution in [0.5, 0.6) is 0 Å². The summed E-state index contributed by atoms with van der Waals surface area (Å²) in [5, 5.41) is 8.71. The minimum atomic E-state index is -1.00. The van der Waals surface area contributed by atoms with Gasteiger partial charge in [-0.3, -0.25) is 9.59 Å². The lowest BCUT2D eigenvalue weighted by Gasteiger charge is -2.16. The fraction of sp³-hybridized carbons (Fsp3) is 0.333. The average molecular weight is 261 g/mol. The Kier molecular flexibility index (Phi) is 5.30. The molecular formula is C15H19NO3. The molecule has 0 aromatic heterocycles. The van der Waals surface area contributed by atoms with Crippen molar-refractivity contribution in [1.82, 2.24) is 4.90 Å². The maximum atomic E-state index is 11.8. The normalized spacial score (nSPS) is 10.7. The smallest absolute Gasteiger partial charge is 0.323 e. The molecule has 1 aromatic rings.